The molecule has 0 aromatic heterocycles. The Kier molecular flexibility index (Phi) is 8.20. The van der Waals surface area contributed by atoms with Crippen LogP contribution < -0.4 is 10.5 Å². The van der Waals surface area contributed by atoms with Gasteiger partial charge in [0, 0.05) is 24.5 Å². The van der Waals surface area contributed by atoms with E-state index in [9.17, 15) is 4.79 Å². The summed E-state index contributed by atoms with van der Waals surface area (Å²) < 4.78 is 5.26. The van der Waals surface area contributed by atoms with Crippen LogP contribution in [0.5, 0.6) is 5.75 Å². The normalized spacial score (nSPS) is 14.9. The van der Waals surface area contributed by atoms with Crippen LogP contribution in [0.4, 0.5) is 0 Å². The molecule has 1 aliphatic heterocycles. The number of nitrogens with zero attached hydrogens (tertiary/aromatic N) is 1. The number of nitrogens with two attached hydrogens (primary N) is 1. The number of guanidine groups is 1. The van der Waals surface area contributed by atoms with Gasteiger partial charge in [-0.3, -0.25) is 10.2 Å². The minimum atomic E-state index is -0.205. The van der Waals surface area contributed by atoms with Crippen LogP contribution in [0.1, 0.15) is 32.1 Å². The average Bonchev–Trinajstić information content (AvgIpc) is 2.50. The summed E-state index contributed by atoms with van der Waals surface area (Å²) in [6.07, 6.45) is 4.34. The number of ether oxygens (including phenoxy) is 1. The van der Waals surface area contributed by atoms with E-state index in [0.29, 0.717) is 23.1 Å². The molecule has 1 aromatic carbocycles. The fourth-order valence-corrected chi connectivity index (χ4v) is 2.81. The van der Waals surface area contributed by atoms with E-state index in [0.717, 1.165) is 38.8 Å². The molecule has 2 rings (SSSR count). The van der Waals surface area contributed by atoms with Gasteiger partial charge in [0.2, 0.25) is 0 Å². The number of rotatable bonds is 5. The number of esters is 1. The molecular weight excluding hydrogens is 337 g/mol. The molecule has 0 aliphatic carbocycles. The molecule has 0 radical (unpaired) electrons. The molecule has 0 bridgehead atoms. The lowest BCUT2D eigenvalue weighted by Crippen LogP contribution is -2.42. The third-order valence-electron chi connectivity index (χ3n) is 3.99. The molecule has 0 spiro atoms. The lowest BCUT2D eigenvalue weighted by atomic mass is 9.92. The minimum Gasteiger partial charge on any atom is -0.427 e. The fourth-order valence-electron chi connectivity index (χ4n) is 2.68. The second-order valence-electron chi connectivity index (χ2n) is 5.64. The first-order chi connectivity index (χ1) is 10.5. The van der Waals surface area contributed by atoms with Crippen molar-refractivity contribution in [2.45, 2.75) is 32.1 Å². The molecule has 5 nitrogen and oxygen atoms in total. The molecule has 0 unspecified atom stereocenters. The van der Waals surface area contributed by atoms with E-state index in [2.05, 4.69) is 0 Å². The highest BCUT2D eigenvalue weighted by Gasteiger charge is 2.19. The van der Waals surface area contributed by atoms with E-state index in [1.807, 2.05) is 4.90 Å². The van der Waals surface area contributed by atoms with Gasteiger partial charge in [-0.25, -0.2) is 0 Å². The summed E-state index contributed by atoms with van der Waals surface area (Å²) in [6, 6.07) is 6.79. The summed E-state index contributed by atoms with van der Waals surface area (Å²) >= 11 is 5.78. The Hall–Kier alpha value is -1.46. The monoisotopic (exact) mass is 359 g/mol. The van der Waals surface area contributed by atoms with E-state index in [4.69, 9.17) is 27.5 Å². The third-order valence-corrected chi connectivity index (χ3v) is 4.25. The van der Waals surface area contributed by atoms with E-state index in [-0.39, 0.29) is 24.3 Å². The average molecular weight is 360 g/mol. The van der Waals surface area contributed by atoms with Gasteiger partial charge in [-0.1, -0.05) is 11.6 Å². The maximum Gasteiger partial charge on any atom is 0.311 e. The molecule has 0 saturated carbocycles. The van der Waals surface area contributed by atoms with Crippen LogP contribution in [-0.2, 0) is 4.79 Å². The number of benzene rings is 1. The van der Waals surface area contributed by atoms with Crippen molar-refractivity contribution in [3.05, 3.63) is 29.3 Å². The SMILES string of the molecule is Cl.N=C(N)N1CCC(CCCC(=O)Oc2ccc(Cl)cc2)CC1. The van der Waals surface area contributed by atoms with Gasteiger partial charge < -0.3 is 15.4 Å². The maximum absolute atomic E-state index is 11.8. The predicted octanol–water partition coefficient (Wildman–Crippen LogP) is 3.44. The topological polar surface area (TPSA) is 79.4 Å². The van der Waals surface area contributed by atoms with E-state index < -0.39 is 0 Å². The highest BCUT2D eigenvalue weighted by molar-refractivity contribution is 6.30. The first-order valence-corrected chi connectivity index (χ1v) is 7.97. The molecule has 23 heavy (non-hydrogen) atoms. The van der Waals surface area contributed by atoms with Crippen molar-refractivity contribution in [2.24, 2.45) is 11.7 Å². The molecule has 7 heteroatoms. The van der Waals surface area contributed by atoms with Gasteiger partial charge in [-0.05, 0) is 55.9 Å². The Bertz CT molecular complexity index is 515. The summed E-state index contributed by atoms with van der Waals surface area (Å²) in [6.45, 7) is 1.68. The van der Waals surface area contributed by atoms with Gasteiger partial charge >= 0.3 is 5.97 Å². The molecule has 0 atom stereocenters. The van der Waals surface area contributed by atoms with Crippen LogP contribution >= 0.6 is 24.0 Å². The Balaban J connectivity index is 0.00000264. The van der Waals surface area contributed by atoms with Crippen LogP contribution in [-0.4, -0.2) is 29.9 Å². The van der Waals surface area contributed by atoms with Gasteiger partial charge in [-0.2, -0.15) is 0 Å². The molecule has 3 N–H and O–H groups in total. The third kappa shape index (κ3) is 6.67. The van der Waals surface area contributed by atoms with Crippen molar-refractivity contribution < 1.29 is 9.53 Å². The first-order valence-electron chi connectivity index (χ1n) is 7.60. The number of hydrogen-bond donors (Lipinski definition) is 2. The lowest BCUT2D eigenvalue weighted by molar-refractivity contribution is -0.134. The number of carbonyl (C=O) groups is 1. The number of halogens is 2. The van der Waals surface area contributed by atoms with Crippen LogP contribution in [0.3, 0.4) is 0 Å². The minimum absolute atomic E-state index is 0. The van der Waals surface area contributed by atoms with Crippen molar-refractivity contribution in [1.82, 2.24) is 4.90 Å². The highest BCUT2D eigenvalue weighted by atomic mass is 35.5. The molecule has 128 valence electrons. The summed E-state index contributed by atoms with van der Waals surface area (Å²) in [5, 5.41) is 8.03. The number of likely N-dealkylation sites (tertiary alicyclic amines) is 1. The summed E-state index contributed by atoms with van der Waals surface area (Å²) in [7, 11) is 0. The first kappa shape index (κ1) is 19.6. The second-order valence-corrected chi connectivity index (χ2v) is 6.07. The van der Waals surface area contributed by atoms with Crippen LogP contribution in [0.15, 0.2) is 24.3 Å². The number of nitrogens with one attached hydrogen (secondary N) is 1. The highest BCUT2D eigenvalue weighted by Crippen LogP contribution is 2.23. The van der Waals surface area contributed by atoms with Crippen LogP contribution in [0.25, 0.3) is 0 Å². The second kappa shape index (κ2) is 9.63. The molecule has 0 amide bonds. The standard InChI is InChI=1S/C16H22ClN3O2.ClH/c17-13-4-6-14(7-5-13)22-15(21)3-1-2-12-8-10-20(11-9-12)16(18)19;/h4-7,12H,1-3,8-11H2,(H3,18,19);1H. The van der Waals surface area contributed by atoms with Crippen molar-refractivity contribution >= 4 is 35.9 Å². The molecule has 1 heterocycles. The van der Waals surface area contributed by atoms with Crippen molar-refractivity contribution in [2.75, 3.05) is 13.1 Å². The van der Waals surface area contributed by atoms with Gasteiger partial charge in [0.25, 0.3) is 0 Å². The molecule has 1 aromatic rings. The predicted molar refractivity (Wildman–Crippen MR) is 94.4 cm³/mol. The van der Waals surface area contributed by atoms with E-state index >= 15 is 0 Å². The fraction of sp³-hybridized carbons (Fsp3) is 0.500. The Morgan fingerprint density at radius 1 is 1.30 bits per heavy atom. The van der Waals surface area contributed by atoms with Crippen LogP contribution in [0.2, 0.25) is 5.02 Å². The number of hydrogen-bond acceptors (Lipinski definition) is 3. The van der Waals surface area contributed by atoms with Gasteiger partial charge in [0.05, 0.1) is 0 Å². The van der Waals surface area contributed by atoms with Crippen molar-refractivity contribution in [1.29, 1.82) is 5.41 Å². The number of carbonyl (C=O) groups excluding carboxylic acids is 1. The zero-order valence-corrected chi connectivity index (χ0v) is 14.5. The van der Waals surface area contributed by atoms with Crippen LogP contribution in [0, 0.1) is 11.3 Å². The van der Waals surface area contributed by atoms with Crippen molar-refractivity contribution in [3.8, 4) is 5.75 Å². The molecule has 1 fully saturated rings. The Morgan fingerprint density at radius 2 is 1.91 bits per heavy atom. The summed E-state index contributed by atoms with van der Waals surface area (Å²) in [4.78, 5) is 13.7. The Labute approximate surface area is 148 Å². The van der Waals surface area contributed by atoms with Gasteiger partial charge in [0.1, 0.15) is 5.75 Å². The Morgan fingerprint density at radius 3 is 2.48 bits per heavy atom. The zero-order chi connectivity index (χ0) is 15.9. The lowest BCUT2D eigenvalue weighted by Gasteiger charge is -2.32. The quantitative estimate of drug-likeness (QED) is 0.365. The smallest absolute Gasteiger partial charge is 0.311 e. The van der Waals surface area contributed by atoms with E-state index in [1.165, 1.54) is 0 Å². The maximum atomic E-state index is 11.8. The summed E-state index contributed by atoms with van der Waals surface area (Å²) in [5.74, 6) is 1.09. The van der Waals surface area contributed by atoms with E-state index in [1.54, 1.807) is 24.3 Å². The largest absolute Gasteiger partial charge is 0.427 e. The summed E-state index contributed by atoms with van der Waals surface area (Å²) in [5.41, 5.74) is 5.47. The zero-order valence-electron chi connectivity index (χ0n) is 13.0. The van der Waals surface area contributed by atoms with Gasteiger partial charge in [0.15, 0.2) is 5.96 Å². The van der Waals surface area contributed by atoms with Gasteiger partial charge in [-0.15, -0.1) is 12.4 Å². The molecular formula is C16H23Cl2N3O2. The molecule has 1 aliphatic rings. The van der Waals surface area contributed by atoms with Crippen molar-refractivity contribution in [3.63, 3.8) is 0 Å². The molecule has 1 saturated heterocycles. The number of piperidine rings is 1.